The summed E-state index contributed by atoms with van der Waals surface area (Å²) in [5.74, 6) is -0.427. The number of aryl methyl sites for hydroxylation is 1. The van der Waals surface area contributed by atoms with Crippen molar-refractivity contribution in [1.82, 2.24) is 0 Å². The van der Waals surface area contributed by atoms with Crippen LogP contribution >= 0.6 is 0 Å². The van der Waals surface area contributed by atoms with Crippen molar-refractivity contribution in [3.05, 3.63) is 35.1 Å². The molecule has 1 aromatic carbocycles. The molecule has 1 N–H and O–H groups in total. The summed E-state index contributed by atoms with van der Waals surface area (Å²) in [6.45, 7) is 0. The van der Waals surface area contributed by atoms with Gasteiger partial charge in [-0.05, 0) is 42.5 Å². The lowest BCUT2D eigenvalue weighted by molar-refractivity contribution is -0.147. The molecule has 0 radical (unpaired) electrons. The summed E-state index contributed by atoms with van der Waals surface area (Å²) in [5.41, 5.74) is -0.420. The molecule has 0 fully saturated rings. The quantitative estimate of drug-likeness (QED) is 0.796. The molecule has 0 amide bonds. The van der Waals surface area contributed by atoms with Gasteiger partial charge in [-0.1, -0.05) is 6.07 Å². The summed E-state index contributed by atoms with van der Waals surface area (Å²) in [4.78, 5) is 0. The lowest BCUT2D eigenvalue weighted by atomic mass is 9.91. The number of halogens is 4. The number of rotatable bonds is 2. The Labute approximate surface area is 96.1 Å². The summed E-state index contributed by atoms with van der Waals surface area (Å²) in [5, 5.41) is 10.2. The number of hydrogen-bond donors (Lipinski definition) is 1. The first-order chi connectivity index (χ1) is 7.80. The number of benzene rings is 1. The zero-order valence-corrected chi connectivity index (χ0v) is 9.02. The topological polar surface area (TPSA) is 20.2 Å². The van der Waals surface area contributed by atoms with Gasteiger partial charge in [0.15, 0.2) is 0 Å². The first kappa shape index (κ1) is 12.4. The Morgan fingerprint density at radius 1 is 1.29 bits per heavy atom. The Kier molecular flexibility index (Phi) is 2.89. The fourth-order valence-electron chi connectivity index (χ4n) is 2.31. The maximum absolute atomic E-state index is 12.9. The highest BCUT2D eigenvalue weighted by Crippen LogP contribution is 2.42. The fraction of sp³-hybridized carbons (Fsp3) is 0.500. The van der Waals surface area contributed by atoms with Crippen LogP contribution in [0, 0.1) is 5.82 Å². The number of alkyl halides is 3. The molecule has 0 bridgehead atoms. The molecule has 0 saturated carbocycles. The fourth-order valence-corrected chi connectivity index (χ4v) is 2.31. The zero-order chi connectivity index (χ0) is 12.7. The number of aliphatic hydroxyl groups is 1. The van der Waals surface area contributed by atoms with E-state index in [0.29, 0.717) is 17.5 Å². The van der Waals surface area contributed by atoms with Gasteiger partial charge in [-0.3, -0.25) is 0 Å². The molecule has 17 heavy (non-hydrogen) atoms. The van der Waals surface area contributed by atoms with Crippen molar-refractivity contribution < 1.29 is 22.7 Å². The average molecular weight is 248 g/mol. The Balaban J connectivity index is 2.20. The third kappa shape index (κ3) is 2.60. The molecule has 1 aromatic rings. The van der Waals surface area contributed by atoms with E-state index in [-0.39, 0.29) is 12.8 Å². The molecule has 0 saturated heterocycles. The van der Waals surface area contributed by atoms with Crippen molar-refractivity contribution in [3.63, 3.8) is 0 Å². The van der Waals surface area contributed by atoms with Crippen molar-refractivity contribution in [1.29, 1.82) is 0 Å². The molecule has 0 spiro atoms. The number of fused-ring (bicyclic) bond motifs is 1. The zero-order valence-electron chi connectivity index (χ0n) is 9.02. The molecule has 0 aliphatic heterocycles. The number of hydrogen-bond acceptors (Lipinski definition) is 1. The highest BCUT2D eigenvalue weighted by molar-refractivity contribution is 5.37. The molecule has 1 atom stereocenters. The maximum atomic E-state index is 12.9. The van der Waals surface area contributed by atoms with Crippen LogP contribution in [0.3, 0.4) is 0 Å². The van der Waals surface area contributed by atoms with Crippen molar-refractivity contribution in [2.45, 2.75) is 37.5 Å². The van der Waals surface area contributed by atoms with Crippen molar-refractivity contribution >= 4 is 0 Å². The van der Waals surface area contributed by atoms with E-state index in [0.717, 1.165) is 0 Å². The van der Waals surface area contributed by atoms with E-state index < -0.39 is 24.0 Å². The summed E-state index contributed by atoms with van der Waals surface area (Å²) in [6.07, 6.45) is -5.03. The van der Waals surface area contributed by atoms with Gasteiger partial charge in [0, 0.05) is 6.42 Å². The van der Waals surface area contributed by atoms with Crippen LogP contribution in [0.15, 0.2) is 18.2 Å². The molecule has 94 valence electrons. The van der Waals surface area contributed by atoms with Crippen LogP contribution in [-0.4, -0.2) is 11.3 Å². The molecule has 1 unspecified atom stereocenters. The van der Waals surface area contributed by atoms with Crippen LogP contribution < -0.4 is 0 Å². The van der Waals surface area contributed by atoms with Gasteiger partial charge in [0.25, 0.3) is 0 Å². The lowest BCUT2D eigenvalue weighted by Crippen LogP contribution is -2.25. The second-order valence-corrected chi connectivity index (χ2v) is 4.45. The second kappa shape index (κ2) is 3.98. The third-order valence-corrected chi connectivity index (χ3v) is 3.20. The Morgan fingerprint density at radius 2 is 2.00 bits per heavy atom. The van der Waals surface area contributed by atoms with E-state index in [4.69, 9.17) is 0 Å². The van der Waals surface area contributed by atoms with Crippen molar-refractivity contribution in [3.8, 4) is 0 Å². The minimum absolute atomic E-state index is 0.224. The van der Waals surface area contributed by atoms with Gasteiger partial charge < -0.3 is 5.11 Å². The molecule has 0 aromatic heterocycles. The highest BCUT2D eigenvalue weighted by atomic mass is 19.4. The SMILES string of the molecule is OC1(CCC(F)(F)F)CCc2cc(F)ccc21. The minimum atomic E-state index is -4.28. The Hall–Kier alpha value is -1.10. The summed E-state index contributed by atoms with van der Waals surface area (Å²) in [7, 11) is 0. The summed E-state index contributed by atoms with van der Waals surface area (Å²) >= 11 is 0. The van der Waals surface area contributed by atoms with Crippen LogP contribution in [0.5, 0.6) is 0 Å². The molecular weight excluding hydrogens is 236 g/mol. The van der Waals surface area contributed by atoms with Gasteiger partial charge in [0.05, 0.1) is 5.60 Å². The standard InChI is InChI=1S/C12H12F4O/c13-9-1-2-10-8(7-9)3-4-11(10,17)5-6-12(14,15)16/h1-2,7,17H,3-6H2. The maximum Gasteiger partial charge on any atom is 0.389 e. The van der Waals surface area contributed by atoms with E-state index in [1.165, 1.54) is 18.2 Å². The first-order valence-electron chi connectivity index (χ1n) is 5.38. The monoisotopic (exact) mass is 248 g/mol. The first-order valence-corrected chi connectivity index (χ1v) is 5.38. The van der Waals surface area contributed by atoms with Crippen LogP contribution in [0.25, 0.3) is 0 Å². The van der Waals surface area contributed by atoms with Crippen molar-refractivity contribution in [2.24, 2.45) is 0 Å². The molecular formula is C12H12F4O. The highest BCUT2D eigenvalue weighted by Gasteiger charge is 2.40. The predicted octanol–water partition coefficient (Wildman–Crippen LogP) is 3.30. The van der Waals surface area contributed by atoms with E-state index in [2.05, 4.69) is 0 Å². The predicted molar refractivity (Wildman–Crippen MR) is 53.9 cm³/mol. The molecule has 1 aliphatic carbocycles. The third-order valence-electron chi connectivity index (χ3n) is 3.20. The van der Waals surface area contributed by atoms with Crippen LogP contribution in [0.2, 0.25) is 0 Å². The minimum Gasteiger partial charge on any atom is -0.385 e. The largest absolute Gasteiger partial charge is 0.389 e. The molecule has 0 heterocycles. The van der Waals surface area contributed by atoms with Gasteiger partial charge in [0.2, 0.25) is 0 Å². The van der Waals surface area contributed by atoms with Crippen molar-refractivity contribution in [2.75, 3.05) is 0 Å². The van der Waals surface area contributed by atoms with E-state index in [1.54, 1.807) is 0 Å². The van der Waals surface area contributed by atoms with Gasteiger partial charge in [-0.25, -0.2) is 4.39 Å². The van der Waals surface area contributed by atoms with Crippen LogP contribution in [-0.2, 0) is 12.0 Å². The summed E-state index contributed by atoms with van der Waals surface area (Å²) in [6, 6.07) is 3.83. The normalized spacial score (nSPS) is 23.8. The van der Waals surface area contributed by atoms with Gasteiger partial charge in [-0.2, -0.15) is 13.2 Å². The molecule has 5 heteroatoms. The molecule has 2 rings (SSSR count). The van der Waals surface area contributed by atoms with Gasteiger partial charge in [0.1, 0.15) is 5.82 Å². The Morgan fingerprint density at radius 3 is 2.65 bits per heavy atom. The molecule has 1 aliphatic rings. The van der Waals surface area contributed by atoms with Crippen LogP contribution in [0.4, 0.5) is 17.6 Å². The van der Waals surface area contributed by atoms with E-state index >= 15 is 0 Å². The lowest BCUT2D eigenvalue weighted by Gasteiger charge is -2.24. The average Bonchev–Trinajstić information content (AvgIpc) is 2.53. The second-order valence-electron chi connectivity index (χ2n) is 4.45. The van der Waals surface area contributed by atoms with Gasteiger partial charge in [-0.15, -0.1) is 0 Å². The smallest absolute Gasteiger partial charge is 0.385 e. The summed E-state index contributed by atoms with van der Waals surface area (Å²) < 4.78 is 49.4. The van der Waals surface area contributed by atoms with E-state index in [9.17, 15) is 22.7 Å². The van der Waals surface area contributed by atoms with E-state index in [1.807, 2.05) is 0 Å². The Bertz CT molecular complexity index is 427. The van der Waals surface area contributed by atoms with Crippen LogP contribution in [0.1, 0.15) is 30.4 Å². The molecule has 1 nitrogen and oxygen atoms in total. The van der Waals surface area contributed by atoms with Gasteiger partial charge >= 0.3 is 6.18 Å².